The fourth-order valence-electron chi connectivity index (χ4n) is 3.60. The number of anilines is 1. The molecule has 1 aliphatic heterocycles. The fraction of sp³-hybridized carbons (Fsp3) is 0.435. The van der Waals surface area contributed by atoms with Crippen LogP contribution >= 0.6 is 0 Å². The van der Waals surface area contributed by atoms with Crippen LogP contribution in [0, 0.1) is 6.92 Å². The molecular formula is C23H30N2O3S. The first-order chi connectivity index (χ1) is 13.9. The Morgan fingerprint density at radius 2 is 1.72 bits per heavy atom. The lowest BCUT2D eigenvalue weighted by atomic mass is 10.1. The van der Waals surface area contributed by atoms with E-state index in [1.807, 2.05) is 24.3 Å². The normalized spacial score (nSPS) is 15.2. The molecule has 0 radical (unpaired) electrons. The molecule has 1 aliphatic rings. The number of sulfonamides is 1. The highest BCUT2D eigenvalue weighted by atomic mass is 32.2. The zero-order valence-electron chi connectivity index (χ0n) is 17.3. The molecule has 156 valence electrons. The van der Waals surface area contributed by atoms with Gasteiger partial charge in [0.05, 0.1) is 4.90 Å². The van der Waals surface area contributed by atoms with Crippen molar-refractivity contribution in [1.29, 1.82) is 0 Å². The van der Waals surface area contributed by atoms with E-state index in [9.17, 15) is 13.2 Å². The summed E-state index contributed by atoms with van der Waals surface area (Å²) in [5.41, 5.74) is 2.96. The Bertz CT molecular complexity index is 947. The number of amides is 1. The van der Waals surface area contributed by atoms with E-state index in [0.717, 1.165) is 38.5 Å². The number of aryl methyl sites for hydroxylation is 2. The van der Waals surface area contributed by atoms with Gasteiger partial charge in [-0.1, -0.05) is 38.0 Å². The lowest BCUT2D eigenvalue weighted by Crippen LogP contribution is -2.36. The third-order valence-corrected chi connectivity index (χ3v) is 7.45. The molecule has 2 aromatic carbocycles. The summed E-state index contributed by atoms with van der Waals surface area (Å²) in [5.74, 6) is -0.304. The summed E-state index contributed by atoms with van der Waals surface area (Å²) in [6.07, 6.45) is 6.14. The molecule has 0 aromatic heterocycles. The number of nitrogens with zero attached hydrogens (tertiary/aromatic N) is 1. The van der Waals surface area contributed by atoms with Crippen molar-refractivity contribution in [3.8, 4) is 0 Å². The molecule has 1 amide bonds. The molecule has 0 bridgehead atoms. The largest absolute Gasteiger partial charge is 0.322 e. The van der Waals surface area contributed by atoms with Crippen molar-refractivity contribution < 1.29 is 13.2 Å². The highest BCUT2D eigenvalue weighted by Gasteiger charge is 2.28. The minimum Gasteiger partial charge on any atom is -0.322 e. The van der Waals surface area contributed by atoms with E-state index < -0.39 is 10.0 Å². The maximum absolute atomic E-state index is 13.1. The number of nitrogens with one attached hydrogen (secondary N) is 1. The summed E-state index contributed by atoms with van der Waals surface area (Å²) in [5, 5.41) is 2.87. The van der Waals surface area contributed by atoms with Crippen molar-refractivity contribution in [2.24, 2.45) is 0 Å². The Labute approximate surface area is 174 Å². The second-order valence-corrected chi connectivity index (χ2v) is 9.61. The van der Waals surface area contributed by atoms with Crippen molar-refractivity contribution in [3.05, 3.63) is 59.2 Å². The van der Waals surface area contributed by atoms with E-state index in [2.05, 4.69) is 12.2 Å². The minimum atomic E-state index is -3.58. The minimum absolute atomic E-state index is 0.224. The van der Waals surface area contributed by atoms with Crippen LogP contribution in [-0.2, 0) is 16.4 Å². The van der Waals surface area contributed by atoms with E-state index in [1.54, 1.807) is 19.1 Å². The zero-order chi connectivity index (χ0) is 20.9. The van der Waals surface area contributed by atoms with Gasteiger partial charge in [0.1, 0.15) is 0 Å². The topological polar surface area (TPSA) is 66.5 Å². The van der Waals surface area contributed by atoms with Gasteiger partial charge in [-0.15, -0.1) is 0 Å². The maximum atomic E-state index is 13.1. The molecule has 0 unspecified atom stereocenters. The number of carbonyl (C=O) groups excluding carboxylic acids is 1. The number of benzene rings is 2. The second kappa shape index (κ2) is 9.55. The third-order valence-electron chi connectivity index (χ3n) is 5.41. The molecule has 0 atom stereocenters. The van der Waals surface area contributed by atoms with Gasteiger partial charge in [0.25, 0.3) is 5.91 Å². The van der Waals surface area contributed by atoms with Gasteiger partial charge in [-0.05, 0) is 68.0 Å². The third kappa shape index (κ3) is 5.25. The van der Waals surface area contributed by atoms with Crippen LogP contribution in [0.2, 0.25) is 0 Å². The fourth-order valence-corrected chi connectivity index (χ4v) is 5.37. The molecule has 1 N–H and O–H groups in total. The van der Waals surface area contributed by atoms with Gasteiger partial charge in [-0.3, -0.25) is 4.79 Å². The van der Waals surface area contributed by atoms with Gasteiger partial charge in [0.15, 0.2) is 0 Å². The quantitative estimate of drug-likeness (QED) is 0.710. The molecule has 29 heavy (non-hydrogen) atoms. The predicted molar refractivity (Wildman–Crippen MR) is 117 cm³/mol. The van der Waals surface area contributed by atoms with Crippen molar-refractivity contribution in [3.63, 3.8) is 0 Å². The van der Waals surface area contributed by atoms with Gasteiger partial charge in [-0.2, -0.15) is 4.31 Å². The smallest absolute Gasteiger partial charge is 0.255 e. The van der Waals surface area contributed by atoms with Crippen LogP contribution < -0.4 is 5.32 Å². The Hall–Kier alpha value is -2.18. The molecule has 1 saturated heterocycles. The lowest BCUT2D eigenvalue weighted by Gasteiger charge is -2.26. The van der Waals surface area contributed by atoms with E-state index in [4.69, 9.17) is 0 Å². The van der Waals surface area contributed by atoms with Crippen LogP contribution in [-0.4, -0.2) is 31.7 Å². The number of hydrogen-bond acceptors (Lipinski definition) is 3. The molecule has 1 fully saturated rings. The van der Waals surface area contributed by atoms with Crippen LogP contribution in [0.25, 0.3) is 0 Å². The Balaban J connectivity index is 1.77. The van der Waals surface area contributed by atoms with Crippen LogP contribution in [0.1, 0.15) is 60.5 Å². The van der Waals surface area contributed by atoms with Gasteiger partial charge in [-0.25, -0.2) is 8.42 Å². The van der Waals surface area contributed by atoms with Crippen molar-refractivity contribution in [1.82, 2.24) is 4.31 Å². The van der Waals surface area contributed by atoms with Crippen molar-refractivity contribution >= 4 is 21.6 Å². The number of carbonyl (C=O) groups is 1. The number of rotatable bonds is 7. The van der Waals surface area contributed by atoms with Crippen molar-refractivity contribution in [2.75, 3.05) is 18.4 Å². The molecule has 3 rings (SSSR count). The molecule has 1 heterocycles. The number of hydrogen-bond donors (Lipinski definition) is 1. The molecule has 0 saturated carbocycles. The number of unbranched alkanes of at least 4 members (excludes halogenated alkanes) is 1. The van der Waals surface area contributed by atoms with Gasteiger partial charge in [0.2, 0.25) is 10.0 Å². The highest BCUT2D eigenvalue weighted by Crippen LogP contribution is 2.25. The van der Waals surface area contributed by atoms with Gasteiger partial charge >= 0.3 is 0 Å². The molecule has 5 nitrogen and oxygen atoms in total. The summed E-state index contributed by atoms with van der Waals surface area (Å²) >= 11 is 0. The summed E-state index contributed by atoms with van der Waals surface area (Å²) in [7, 11) is -3.58. The van der Waals surface area contributed by atoms with E-state index >= 15 is 0 Å². The van der Waals surface area contributed by atoms with Crippen LogP contribution in [0.5, 0.6) is 0 Å². The Morgan fingerprint density at radius 3 is 2.38 bits per heavy atom. The van der Waals surface area contributed by atoms with E-state index in [-0.39, 0.29) is 10.8 Å². The molecule has 6 heteroatoms. The van der Waals surface area contributed by atoms with Crippen molar-refractivity contribution in [2.45, 2.75) is 57.3 Å². The first-order valence-corrected chi connectivity index (χ1v) is 11.9. The molecule has 0 spiro atoms. The first-order valence-electron chi connectivity index (χ1n) is 10.4. The first kappa shape index (κ1) is 21.5. The van der Waals surface area contributed by atoms with Crippen LogP contribution in [0.3, 0.4) is 0 Å². The van der Waals surface area contributed by atoms with E-state index in [0.29, 0.717) is 29.9 Å². The standard InChI is InChI=1S/C23H30N2O3S/c1-3-4-8-19-10-13-21(14-11-19)24-23(26)20-12-9-18(2)22(17-20)29(27,28)25-15-6-5-7-16-25/h9-14,17H,3-8,15-16H2,1-2H3,(H,24,26). The second-order valence-electron chi connectivity index (χ2n) is 7.70. The molecule has 2 aromatic rings. The summed E-state index contributed by atoms with van der Waals surface area (Å²) in [6.45, 7) is 5.02. The lowest BCUT2D eigenvalue weighted by molar-refractivity contribution is 0.102. The average molecular weight is 415 g/mol. The highest BCUT2D eigenvalue weighted by molar-refractivity contribution is 7.89. The monoisotopic (exact) mass is 414 g/mol. The Kier molecular flexibility index (Phi) is 7.09. The maximum Gasteiger partial charge on any atom is 0.255 e. The SMILES string of the molecule is CCCCc1ccc(NC(=O)c2ccc(C)c(S(=O)(=O)N3CCCCC3)c2)cc1. The Morgan fingerprint density at radius 1 is 1.03 bits per heavy atom. The summed E-state index contributed by atoms with van der Waals surface area (Å²) in [6, 6.07) is 12.7. The molecule has 0 aliphatic carbocycles. The predicted octanol–water partition coefficient (Wildman–Crippen LogP) is 4.76. The summed E-state index contributed by atoms with van der Waals surface area (Å²) < 4.78 is 27.7. The van der Waals surface area contributed by atoms with E-state index in [1.165, 1.54) is 15.9 Å². The van der Waals surface area contributed by atoms with Gasteiger partial charge in [0, 0.05) is 24.3 Å². The summed E-state index contributed by atoms with van der Waals surface area (Å²) in [4.78, 5) is 12.9. The number of piperidine rings is 1. The van der Waals surface area contributed by atoms with Gasteiger partial charge < -0.3 is 5.32 Å². The molecular weight excluding hydrogens is 384 g/mol. The zero-order valence-corrected chi connectivity index (χ0v) is 18.1. The average Bonchev–Trinajstić information content (AvgIpc) is 2.74. The van der Waals surface area contributed by atoms with Crippen LogP contribution in [0.4, 0.5) is 5.69 Å². The van der Waals surface area contributed by atoms with Crippen LogP contribution in [0.15, 0.2) is 47.4 Å².